The molecule has 6 nitrogen and oxygen atoms in total. The fourth-order valence-corrected chi connectivity index (χ4v) is 5.01. The summed E-state index contributed by atoms with van der Waals surface area (Å²) in [6.07, 6.45) is 0.372. The highest BCUT2D eigenvalue weighted by Gasteiger charge is 2.49. The summed E-state index contributed by atoms with van der Waals surface area (Å²) >= 11 is 1.80. The van der Waals surface area contributed by atoms with E-state index in [1.165, 1.54) is 0 Å². The normalized spacial score (nSPS) is 26.6. The number of anilines is 1. The molecule has 7 heteroatoms. The first kappa shape index (κ1) is 19.9. The monoisotopic (exact) mass is 391 g/mol. The van der Waals surface area contributed by atoms with E-state index in [4.69, 9.17) is 20.2 Å². The van der Waals surface area contributed by atoms with E-state index in [9.17, 15) is 4.79 Å². The number of alkyl carbamates (subject to hydrolysis) is 1. The lowest BCUT2D eigenvalue weighted by atomic mass is 9.86. The lowest BCUT2D eigenvalue weighted by molar-refractivity contribution is 0.0560. The molecule has 0 saturated carbocycles. The molecular weight excluding hydrogens is 362 g/mol. The summed E-state index contributed by atoms with van der Waals surface area (Å²) in [4.78, 5) is 17.4. The number of amides is 1. The molecule has 0 aliphatic carbocycles. The number of benzene rings is 1. The van der Waals surface area contributed by atoms with Crippen LogP contribution in [-0.2, 0) is 10.3 Å². The maximum absolute atomic E-state index is 12.4. The van der Waals surface area contributed by atoms with Gasteiger partial charge >= 0.3 is 6.09 Å². The highest BCUT2D eigenvalue weighted by atomic mass is 32.2. The van der Waals surface area contributed by atoms with Crippen LogP contribution in [0.5, 0.6) is 5.75 Å². The molecule has 1 amide bonds. The fraction of sp³-hybridized carbons (Fsp3) is 0.600. The van der Waals surface area contributed by atoms with Crippen molar-refractivity contribution in [2.24, 2.45) is 4.99 Å². The van der Waals surface area contributed by atoms with Gasteiger partial charge in [0.25, 0.3) is 0 Å². The van der Waals surface area contributed by atoms with Gasteiger partial charge in [0.05, 0.1) is 11.4 Å². The molecule has 0 bridgehead atoms. The van der Waals surface area contributed by atoms with Gasteiger partial charge in [-0.05, 0) is 66.2 Å². The van der Waals surface area contributed by atoms with Gasteiger partial charge in [-0.2, -0.15) is 0 Å². The predicted molar refractivity (Wildman–Crippen MR) is 111 cm³/mol. The predicted octanol–water partition coefficient (Wildman–Crippen LogP) is 4.08. The Hall–Kier alpha value is -1.89. The van der Waals surface area contributed by atoms with Crippen LogP contribution >= 0.6 is 11.8 Å². The average Bonchev–Trinajstić information content (AvgIpc) is 2.63. The Morgan fingerprint density at radius 3 is 2.74 bits per heavy atom. The highest BCUT2D eigenvalue weighted by Crippen LogP contribution is 2.51. The van der Waals surface area contributed by atoms with Gasteiger partial charge in [0.2, 0.25) is 0 Å². The number of amidine groups is 1. The number of ether oxygens (including phenoxy) is 2. The van der Waals surface area contributed by atoms with E-state index in [1.807, 2.05) is 39.0 Å². The molecule has 2 atom stereocenters. The lowest BCUT2D eigenvalue weighted by Crippen LogP contribution is -2.52. The first-order valence-corrected chi connectivity index (χ1v) is 10.1. The van der Waals surface area contributed by atoms with E-state index in [-0.39, 0.29) is 10.00 Å². The van der Waals surface area contributed by atoms with Crippen molar-refractivity contribution in [1.29, 1.82) is 0 Å². The van der Waals surface area contributed by atoms with Crippen LogP contribution in [0.3, 0.4) is 0 Å². The third kappa shape index (κ3) is 4.03. The number of hydrogen-bond acceptors (Lipinski definition) is 6. The standard InChI is InChI=1S/C20H29N3O3S/c1-18(2,3)26-17(24)22-16-19(4,5)27-15-9-10-25-14-8-7-12(21)11-13(14)20(15,6)23-16/h7-8,11,15H,9-10,21H2,1-6H3,(H,22,23,24)/t15-,20+/m0/s1. The first-order valence-electron chi connectivity index (χ1n) is 9.22. The van der Waals surface area contributed by atoms with Crippen molar-refractivity contribution in [2.45, 2.75) is 69.1 Å². The van der Waals surface area contributed by atoms with Crippen LogP contribution in [0.25, 0.3) is 0 Å². The SMILES string of the molecule is CC(C)(C)OC(=O)NC1=N[C@]2(C)c3cc(N)ccc3OCC[C@@H]2SC1(C)C. The minimum atomic E-state index is -0.569. The Bertz CT molecular complexity index is 785. The number of hydrogen-bond donors (Lipinski definition) is 2. The maximum atomic E-state index is 12.4. The smallest absolute Gasteiger partial charge is 0.413 e. The molecule has 0 fully saturated rings. The molecule has 3 N–H and O–H groups in total. The molecule has 2 heterocycles. The molecular formula is C20H29N3O3S. The highest BCUT2D eigenvalue weighted by molar-refractivity contribution is 8.02. The molecule has 0 spiro atoms. The van der Waals surface area contributed by atoms with E-state index in [0.717, 1.165) is 17.7 Å². The Labute approximate surface area is 165 Å². The van der Waals surface area contributed by atoms with Crippen LogP contribution < -0.4 is 15.8 Å². The summed E-state index contributed by atoms with van der Waals surface area (Å²) in [7, 11) is 0. The number of aliphatic imine (C=N–C) groups is 1. The summed E-state index contributed by atoms with van der Waals surface area (Å²) in [5.74, 6) is 1.41. The first-order chi connectivity index (χ1) is 12.4. The Morgan fingerprint density at radius 2 is 2.07 bits per heavy atom. The molecule has 0 radical (unpaired) electrons. The lowest BCUT2D eigenvalue weighted by Gasteiger charge is -2.44. The molecule has 0 saturated heterocycles. The number of nitrogens with one attached hydrogen (secondary N) is 1. The second-order valence-electron chi connectivity index (χ2n) is 8.74. The quantitative estimate of drug-likeness (QED) is 0.651. The van der Waals surface area contributed by atoms with Crippen molar-refractivity contribution in [1.82, 2.24) is 5.32 Å². The number of carbonyl (C=O) groups is 1. The number of fused-ring (bicyclic) bond motifs is 3. The topological polar surface area (TPSA) is 85.9 Å². The minimum absolute atomic E-state index is 0.208. The Balaban J connectivity index is 2.03. The maximum Gasteiger partial charge on any atom is 0.413 e. The molecule has 3 rings (SSSR count). The summed E-state index contributed by atoms with van der Waals surface area (Å²) < 4.78 is 11.0. The van der Waals surface area contributed by atoms with Gasteiger partial charge in [-0.25, -0.2) is 4.79 Å². The van der Waals surface area contributed by atoms with Crippen molar-refractivity contribution >= 4 is 29.4 Å². The van der Waals surface area contributed by atoms with E-state index in [0.29, 0.717) is 18.1 Å². The van der Waals surface area contributed by atoms with Crippen LogP contribution in [0, 0.1) is 0 Å². The number of nitrogen functional groups attached to an aromatic ring is 1. The summed E-state index contributed by atoms with van der Waals surface area (Å²) in [5, 5.41) is 3.09. The molecule has 0 unspecified atom stereocenters. The molecule has 2 aliphatic rings. The van der Waals surface area contributed by atoms with Gasteiger partial charge in [-0.1, -0.05) is 0 Å². The second-order valence-corrected chi connectivity index (χ2v) is 10.6. The van der Waals surface area contributed by atoms with Crippen LogP contribution in [0.4, 0.5) is 10.5 Å². The van der Waals surface area contributed by atoms with Crippen LogP contribution in [0.2, 0.25) is 0 Å². The van der Waals surface area contributed by atoms with Crippen LogP contribution in [0.15, 0.2) is 23.2 Å². The zero-order valence-corrected chi connectivity index (χ0v) is 17.7. The van der Waals surface area contributed by atoms with Gasteiger partial charge < -0.3 is 15.2 Å². The molecule has 1 aromatic rings. The minimum Gasteiger partial charge on any atom is -0.493 e. The number of nitrogens with two attached hydrogens (primary N) is 1. The van der Waals surface area contributed by atoms with Gasteiger partial charge in [-0.3, -0.25) is 10.3 Å². The largest absolute Gasteiger partial charge is 0.493 e. The number of nitrogens with zero attached hydrogens (tertiary/aromatic N) is 1. The zero-order chi connectivity index (χ0) is 20.0. The Kier molecular flexibility index (Phi) is 4.87. The molecule has 1 aromatic carbocycles. The third-order valence-electron chi connectivity index (χ3n) is 4.78. The summed E-state index contributed by atoms with van der Waals surface area (Å²) in [6.45, 7) is 12.4. The summed E-state index contributed by atoms with van der Waals surface area (Å²) in [5.41, 5.74) is 6.56. The zero-order valence-electron chi connectivity index (χ0n) is 16.9. The molecule has 2 aliphatic heterocycles. The van der Waals surface area contributed by atoms with Gasteiger partial charge in [0.1, 0.15) is 22.7 Å². The van der Waals surface area contributed by atoms with Crippen molar-refractivity contribution in [3.05, 3.63) is 23.8 Å². The molecule has 148 valence electrons. The van der Waals surface area contributed by atoms with E-state index in [1.54, 1.807) is 11.8 Å². The van der Waals surface area contributed by atoms with E-state index >= 15 is 0 Å². The average molecular weight is 392 g/mol. The third-order valence-corrected chi connectivity index (χ3v) is 6.55. The number of rotatable bonds is 0. The number of carbonyl (C=O) groups excluding carboxylic acids is 1. The summed E-state index contributed by atoms with van der Waals surface area (Å²) in [6, 6.07) is 5.67. The van der Waals surface area contributed by atoms with Crippen molar-refractivity contribution < 1.29 is 14.3 Å². The fourth-order valence-electron chi connectivity index (χ4n) is 3.46. The number of thioether (sulfide) groups is 1. The van der Waals surface area contributed by atoms with Crippen LogP contribution in [0.1, 0.15) is 53.5 Å². The van der Waals surface area contributed by atoms with Crippen molar-refractivity contribution in [2.75, 3.05) is 12.3 Å². The van der Waals surface area contributed by atoms with E-state index < -0.39 is 17.2 Å². The van der Waals surface area contributed by atoms with Gasteiger partial charge in [0.15, 0.2) is 0 Å². The van der Waals surface area contributed by atoms with Crippen molar-refractivity contribution in [3.8, 4) is 5.75 Å². The molecule has 27 heavy (non-hydrogen) atoms. The van der Waals surface area contributed by atoms with Crippen molar-refractivity contribution in [3.63, 3.8) is 0 Å². The van der Waals surface area contributed by atoms with Gasteiger partial charge in [-0.15, -0.1) is 11.8 Å². The second kappa shape index (κ2) is 6.62. The van der Waals surface area contributed by atoms with Gasteiger partial charge in [0, 0.05) is 16.5 Å². The van der Waals surface area contributed by atoms with Crippen LogP contribution in [-0.4, -0.2) is 34.1 Å². The molecule has 0 aromatic heterocycles. The Morgan fingerprint density at radius 1 is 1.37 bits per heavy atom. The van der Waals surface area contributed by atoms with E-state index in [2.05, 4.69) is 26.1 Å².